The average molecular weight is 367 g/mol. The van der Waals surface area contributed by atoms with Gasteiger partial charge < -0.3 is 0 Å². The number of allylic oxidation sites excluding steroid dienone is 2. The van der Waals surface area contributed by atoms with E-state index in [-0.39, 0.29) is 0 Å². The normalized spacial score (nSPS) is 12.8. The summed E-state index contributed by atoms with van der Waals surface area (Å²) in [6.07, 6.45) is 7.76. The van der Waals surface area contributed by atoms with Crippen molar-refractivity contribution in [1.82, 2.24) is 0 Å². The maximum Gasteiger partial charge on any atom is -0.00227 e. The van der Waals surface area contributed by atoms with E-state index in [1.807, 2.05) is 0 Å². The van der Waals surface area contributed by atoms with Gasteiger partial charge in [-0.3, -0.25) is 0 Å². The van der Waals surface area contributed by atoms with Crippen molar-refractivity contribution in [1.29, 1.82) is 0 Å². The summed E-state index contributed by atoms with van der Waals surface area (Å²) in [4.78, 5) is 0. The van der Waals surface area contributed by atoms with E-state index >= 15 is 0 Å². The highest BCUT2D eigenvalue weighted by molar-refractivity contribution is 5.75. The lowest BCUT2D eigenvalue weighted by Crippen LogP contribution is -1.96. The van der Waals surface area contributed by atoms with Crippen molar-refractivity contribution in [2.75, 3.05) is 0 Å². The highest BCUT2D eigenvalue weighted by atomic mass is 14.2. The molecule has 0 atom stereocenters. The Kier molecular flexibility index (Phi) is 5.48. The van der Waals surface area contributed by atoms with Crippen molar-refractivity contribution in [2.45, 2.75) is 52.9 Å². The van der Waals surface area contributed by atoms with Gasteiger partial charge in [-0.05, 0) is 83.5 Å². The van der Waals surface area contributed by atoms with Gasteiger partial charge in [0.15, 0.2) is 0 Å². The van der Waals surface area contributed by atoms with E-state index in [9.17, 15) is 0 Å². The number of rotatable bonds is 6. The zero-order chi connectivity index (χ0) is 19.5. The lowest BCUT2D eigenvalue weighted by molar-refractivity contribution is 1.02. The topological polar surface area (TPSA) is 0 Å². The van der Waals surface area contributed by atoms with Crippen LogP contribution in [-0.2, 0) is 32.1 Å². The van der Waals surface area contributed by atoms with E-state index in [0.29, 0.717) is 0 Å². The smallest absolute Gasteiger partial charge is 0.00227 e. The average Bonchev–Trinajstić information content (AvgIpc) is 3.09. The molecule has 28 heavy (non-hydrogen) atoms. The minimum Gasteiger partial charge on any atom is -0.0759 e. The monoisotopic (exact) mass is 366 g/mol. The SMILES string of the molecule is CCc1ccc(Cc2cccc(CC3=CCc4cc(C)ccc43)c2)cc1CC. The van der Waals surface area contributed by atoms with Crippen LogP contribution in [0.15, 0.2) is 66.7 Å². The van der Waals surface area contributed by atoms with Crippen molar-refractivity contribution in [3.63, 3.8) is 0 Å². The van der Waals surface area contributed by atoms with Gasteiger partial charge in [0.2, 0.25) is 0 Å². The fraction of sp³-hybridized carbons (Fsp3) is 0.286. The molecule has 0 aromatic heterocycles. The molecule has 0 unspecified atom stereocenters. The Morgan fingerprint density at radius 1 is 0.714 bits per heavy atom. The van der Waals surface area contributed by atoms with Crippen molar-refractivity contribution >= 4 is 5.57 Å². The van der Waals surface area contributed by atoms with Gasteiger partial charge in [0.1, 0.15) is 0 Å². The maximum absolute atomic E-state index is 2.41. The second-order valence-corrected chi connectivity index (χ2v) is 8.08. The van der Waals surface area contributed by atoms with Gasteiger partial charge in [-0.2, -0.15) is 0 Å². The predicted molar refractivity (Wildman–Crippen MR) is 121 cm³/mol. The Morgan fingerprint density at radius 2 is 1.46 bits per heavy atom. The molecule has 0 aliphatic heterocycles. The number of fused-ring (bicyclic) bond motifs is 1. The van der Waals surface area contributed by atoms with Gasteiger partial charge in [0.25, 0.3) is 0 Å². The van der Waals surface area contributed by atoms with Crippen molar-refractivity contribution < 1.29 is 0 Å². The second-order valence-electron chi connectivity index (χ2n) is 8.08. The molecule has 3 aromatic rings. The number of aryl methyl sites for hydroxylation is 3. The zero-order valence-corrected chi connectivity index (χ0v) is 17.4. The molecule has 0 saturated heterocycles. The third-order valence-corrected chi connectivity index (χ3v) is 6.00. The Bertz CT molecular complexity index is 1020. The molecule has 0 spiro atoms. The molecule has 0 bridgehead atoms. The van der Waals surface area contributed by atoms with Crippen LogP contribution >= 0.6 is 0 Å². The summed E-state index contributed by atoms with van der Waals surface area (Å²) in [6, 6.07) is 23.1. The van der Waals surface area contributed by atoms with Crippen LogP contribution in [0.2, 0.25) is 0 Å². The first-order valence-corrected chi connectivity index (χ1v) is 10.6. The van der Waals surface area contributed by atoms with Crippen LogP contribution in [0.3, 0.4) is 0 Å². The van der Waals surface area contributed by atoms with Crippen molar-refractivity contribution in [3.05, 3.63) is 111 Å². The summed E-state index contributed by atoms with van der Waals surface area (Å²) in [5.74, 6) is 0. The number of hydrogen-bond acceptors (Lipinski definition) is 0. The summed E-state index contributed by atoms with van der Waals surface area (Å²) in [6.45, 7) is 6.68. The quantitative estimate of drug-likeness (QED) is 0.445. The summed E-state index contributed by atoms with van der Waals surface area (Å²) in [5.41, 5.74) is 13.0. The van der Waals surface area contributed by atoms with E-state index in [2.05, 4.69) is 87.5 Å². The molecule has 0 fully saturated rings. The second kappa shape index (κ2) is 8.19. The van der Waals surface area contributed by atoms with Gasteiger partial charge in [-0.25, -0.2) is 0 Å². The molecular weight excluding hydrogens is 336 g/mol. The first-order valence-electron chi connectivity index (χ1n) is 10.6. The van der Waals surface area contributed by atoms with Crippen molar-refractivity contribution in [2.24, 2.45) is 0 Å². The lowest BCUT2D eigenvalue weighted by Gasteiger charge is -2.11. The Morgan fingerprint density at radius 3 is 2.25 bits per heavy atom. The van der Waals surface area contributed by atoms with Gasteiger partial charge in [-0.1, -0.05) is 86.2 Å². The highest BCUT2D eigenvalue weighted by Crippen LogP contribution is 2.31. The Labute approximate surface area is 169 Å². The number of hydrogen-bond donors (Lipinski definition) is 0. The van der Waals surface area contributed by atoms with E-state index in [0.717, 1.165) is 32.1 Å². The molecule has 0 heterocycles. The molecule has 0 saturated carbocycles. The molecule has 1 aliphatic carbocycles. The molecule has 0 radical (unpaired) electrons. The molecule has 1 aliphatic rings. The Balaban J connectivity index is 1.52. The van der Waals surface area contributed by atoms with Gasteiger partial charge in [0.05, 0.1) is 0 Å². The summed E-state index contributed by atoms with van der Waals surface area (Å²) in [7, 11) is 0. The molecule has 0 heteroatoms. The van der Waals surface area contributed by atoms with Crippen LogP contribution in [0, 0.1) is 6.92 Å². The molecular formula is C28H30. The van der Waals surface area contributed by atoms with Crippen LogP contribution < -0.4 is 0 Å². The fourth-order valence-electron chi connectivity index (χ4n) is 4.48. The van der Waals surface area contributed by atoms with Crippen LogP contribution in [-0.4, -0.2) is 0 Å². The molecule has 142 valence electrons. The van der Waals surface area contributed by atoms with Gasteiger partial charge in [0, 0.05) is 0 Å². The van der Waals surface area contributed by atoms with Crippen LogP contribution in [0.1, 0.15) is 58.4 Å². The first-order chi connectivity index (χ1) is 13.7. The lowest BCUT2D eigenvalue weighted by atomic mass is 9.94. The van der Waals surface area contributed by atoms with E-state index < -0.39 is 0 Å². The number of benzene rings is 3. The highest BCUT2D eigenvalue weighted by Gasteiger charge is 2.14. The van der Waals surface area contributed by atoms with E-state index in [1.165, 1.54) is 50.1 Å². The fourth-order valence-corrected chi connectivity index (χ4v) is 4.48. The molecule has 0 amide bonds. The third-order valence-electron chi connectivity index (χ3n) is 6.00. The minimum absolute atomic E-state index is 1.01. The summed E-state index contributed by atoms with van der Waals surface area (Å²) in [5, 5.41) is 0. The van der Waals surface area contributed by atoms with Crippen LogP contribution in [0.5, 0.6) is 0 Å². The summed E-state index contributed by atoms with van der Waals surface area (Å²) >= 11 is 0. The van der Waals surface area contributed by atoms with Gasteiger partial charge >= 0.3 is 0 Å². The zero-order valence-electron chi connectivity index (χ0n) is 17.4. The predicted octanol–water partition coefficient (Wildman–Crippen LogP) is 6.89. The molecule has 0 nitrogen and oxygen atoms in total. The summed E-state index contributed by atoms with van der Waals surface area (Å²) < 4.78 is 0. The molecule has 0 N–H and O–H groups in total. The Hall–Kier alpha value is -2.60. The van der Waals surface area contributed by atoms with E-state index in [4.69, 9.17) is 0 Å². The van der Waals surface area contributed by atoms with Crippen LogP contribution in [0.4, 0.5) is 0 Å². The minimum atomic E-state index is 1.01. The van der Waals surface area contributed by atoms with Gasteiger partial charge in [-0.15, -0.1) is 0 Å². The first kappa shape index (κ1) is 18.7. The van der Waals surface area contributed by atoms with Crippen LogP contribution in [0.25, 0.3) is 5.57 Å². The largest absolute Gasteiger partial charge is 0.0759 e. The molecule has 3 aromatic carbocycles. The standard InChI is InChI=1S/C28H30/c1-4-24-11-10-23(18-25(24)5-2)17-21-7-6-8-22(16-21)19-27-13-12-26-15-20(3)9-14-28(26)27/h6-11,13-16,18H,4-5,12,17,19H2,1-3H3. The maximum atomic E-state index is 2.41. The van der Waals surface area contributed by atoms with Crippen molar-refractivity contribution in [3.8, 4) is 0 Å². The van der Waals surface area contributed by atoms with E-state index in [1.54, 1.807) is 0 Å². The molecule has 4 rings (SSSR count). The third kappa shape index (κ3) is 3.97.